The number of benzene rings is 1. The van der Waals surface area contributed by atoms with Gasteiger partial charge < -0.3 is 0 Å². The zero-order chi connectivity index (χ0) is 11.6. The number of hydrogen-bond donors (Lipinski definition) is 0. The first-order valence-corrected chi connectivity index (χ1v) is 5.78. The summed E-state index contributed by atoms with van der Waals surface area (Å²) < 4.78 is -1.42. The van der Waals surface area contributed by atoms with E-state index in [0.717, 1.165) is 5.56 Å². The Kier molecular flexibility index (Phi) is 4.30. The van der Waals surface area contributed by atoms with E-state index in [0.29, 0.717) is 5.56 Å². The van der Waals surface area contributed by atoms with Crippen LogP contribution in [0, 0.1) is 5.92 Å². The van der Waals surface area contributed by atoms with Gasteiger partial charge in [-0.15, -0.1) is 0 Å². The van der Waals surface area contributed by atoms with Crippen molar-refractivity contribution in [1.82, 2.24) is 0 Å². The minimum atomic E-state index is -1.42. The molecule has 0 amide bonds. The molecule has 1 rings (SSSR count). The van der Waals surface area contributed by atoms with Gasteiger partial charge >= 0.3 is 0 Å². The van der Waals surface area contributed by atoms with Crippen LogP contribution < -0.4 is 0 Å². The van der Waals surface area contributed by atoms with E-state index in [-0.39, 0.29) is 5.92 Å². The summed E-state index contributed by atoms with van der Waals surface area (Å²) in [4.78, 5) is 0. The maximum absolute atomic E-state index is 11.7. The maximum Gasteiger partial charge on any atom is 0.216 e. The van der Waals surface area contributed by atoms with Gasteiger partial charge in [0.1, 0.15) is 6.10 Å². The summed E-state index contributed by atoms with van der Waals surface area (Å²) in [5.74, 6) is 0.0589. The third-order valence-corrected chi connectivity index (χ3v) is 2.83. The molecule has 0 aliphatic carbocycles. The molecule has 0 spiro atoms. The predicted octanol–water partition coefficient (Wildman–Crippen LogP) is 4.64. The van der Waals surface area contributed by atoms with Gasteiger partial charge in [0.05, 0.1) is 0 Å². The van der Waals surface area contributed by atoms with Crippen LogP contribution in [0.2, 0.25) is 0 Å². The van der Waals surface area contributed by atoms with Gasteiger partial charge in [-0.25, -0.2) is 5.11 Å². The van der Waals surface area contributed by atoms with Crippen molar-refractivity contribution in [3.05, 3.63) is 35.4 Å². The maximum atomic E-state index is 11.7. The standard InChI is InChI=1S/C11H12Cl3O/c1-7(2)10(15)8-3-5-9(6-4-8)11(12,13)14/h3-7,10H,1-2H3. The SMILES string of the molecule is CC(C)C([O])c1ccc(C(Cl)(Cl)Cl)cc1. The molecule has 1 radical (unpaired) electrons. The summed E-state index contributed by atoms with van der Waals surface area (Å²) in [7, 11) is 0. The van der Waals surface area contributed by atoms with Gasteiger partial charge in [0.25, 0.3) is 0 Å². The molecule has 1 atom stereocenters. The van der Waals surface area contributed by atoms with Crippen LogP contribution in [0.25, 0.3) is 0 Å². The van der Waals surface area contributed by atoms with Gasteiger partial charge in [0.2, 0.25) is 3.79 Å². The Morgan fingerprint density at radius 2 is 1.53 bits per heavy atom. The van der Waals surface area contributed by atoms with E-state index in [1.807, 2.05) is 13.8 Å². The molecule has 0 heterocycles. The topological polar surface area (TPSA) is 19.9 Å². The molecular formula is C11H12Cl3O. The van der Waals surface area contributed by atoms with Crippen LogP contribution in [0.4, 0.5) is 0 Å². The van der Waals surface area contributed by atoms with Crippen LogP contribution >= 0.6 is 34.8 Å². The molecule has 1 unspecified atom stereocenters. The minimum Gasteiger partial charge on any atom is -0.228 e. The lowest BCUT2D eigenvalue weighted by Gasteiger charge is -2.15. The van der Waals surface area contributed by atoms with Crippen molar-refractivity contribution in [3.63, 3.8) is 0 Å². The van der Waals surface area contributed by atoms with Gasteiger partial charge in [0, 0.05) is 5.56 Å². The quantitative estimate of drug-likeness (QED) is 0.695. The highest BCUT2D eigenvalue weighted by Crippen LogP contribution is 2.38. The number of hydrogen-bond acceptors (Lipinski definition) is 0. The Bertz CT molecular complexity index is 314. The lowest BCUT2D eigenvalue weighted by atomic mass is 9.98. The Balaban J connectivity index is 2.91. The van der Waals surface area contributed by atoms with Crippen LogP contribution in [0.5, 0.6) is 0 Å². The van der Waals surface area contributed by atoms with E-state index in [1.165, 1.54) is 0 Å². The van der Waals surface area contributed by atoms with Gasteiger partial charge in [-0.05, 0) is 11.5 Å². The smallest absolute Gasteiger partial charge is 0.216 e. The van der Waals surface area contributed by atoms with E-state index in [1.54, 1.807) is 24.3 Å². The van der Waals surface area contributed by atoms with Crippen LogP contribution in [-0.4, -0.2) is 0 Å². The van der Waals surface area contributed by atoms with E-state index >= 15 is 0 Å². The Labute approximate surface area is 105 Å². The molecular weight excluding hydrogens is 254 g/mol. The van der Waals surface area contributed by atoms with Gasteiger partial charge in [0.15, 0.2) is 0 Å². The van der Waals surface area contributed by atoms with E-state index in [4.69, 9.17) is 34.8 Å². The van der Waals surface area contributed by atoms with Crippen LogP contribution in [0.3, 0.4) is 0 Å². The molecule has 0 saturated carbocycles. The first-order chi connectivity index (χ1) is 6.82. The third-order valence-electron chi connectivity index (χ3n) is 2.17. The second-order valence-corrected chi connectivity index (χ2v) is 6.07. The van der Waals surface area contributed by atoms with Crippen molar-refractivity contribution < 1.29 is 5.11 Å². The molecule has 0 aromatic heterocycles. The summed E-state index contributed by atoms with van der Waals surface area (Å²) >= 11 is 17.1. The number of rotatable bonds is 2. The molecule has 0 aliphatic heterocycles. The molecule has 0 saturated heterocycles. The average Bonchev–Trinajstić information content (AvgIpc) is 2.15. The molecule has 0 fully saturated rings. The molecule has 0 N–H and O–H groups in total. The van der Waals surface area contributed by atoms with Crippen molar-refractivity contribution in [2.24, 2.45) is 5.92 Å². The lowest BCUT2D eigenvalue weighted by molar-refractivity contribution is 0.0488. The second-order valence-electron chi connectivity index (χ2n) is 3.78. The van der Waals surface area contributed by atoms with E-state index in [2.05, 4.69) is 0 Å². The normalized spacial score (nSPS) is 14.3. The Hall–Kier alpha value is 0.0500. The van der Waals surface area contributed by atoms with Gasteiger partial charge in [-0.2, -0.15) is 0 Å². The monoisotopic (exact) mass is 265 g/mol. The predicted molar refractivity (Wildman–Crippen MR) is 63.9 cm³/mol. The van der Waals surface area contributed by atoms with Crippen molar-refractivity contribution in [3.8, 4) is 0 Å². The Morgan fingerprint density at radius 1 is 1.07 bits per heavy atom. The van der Waals surface area contributed by atoms with E-state index in [9.17, 15) is 5.11 Å². The highest BCUT2D eigenvalue weighted by atomic mass is 35.6. The first-order valence-electron chi connectivity index (χ1n) is 4.65. The summed E-state index contributed by atoms with van der Waals surface area (Å²) in [6.07, 6.45) is -0.727. The van der Waals surface area contributed by atoms with Crippen LogP contribution in [0.15, 0.2) is 24.3 Å². The molecule has 0 bridgehead atoms. The summed E-state index contributed by atoms with van der Waals surface area (Å²) in [6, 6.07) is 6.79. The molecule has 1 nitrogen and oxygen atoms in total. The van der Waals surface area contributed by atoms with Gasteiger partial charge in [-0.3, -0.25) is 0 Å². The Morgan fingerprint density at radius 3 is 1.87 bits per heavy atom. The molecule has 0 aliphatic rings. The molecule has 83 valence electrons. The highest BCUT2D eigenvalue weighted by Gasteiger charge is 2.23. The first kappa shape index (κ1) is 13.1. The third kappa shape index (κ3) is 3.53. The van der Waals surface area contributed by atoms with Crippen LogP contribution in [-0.2, 0) is 8.90 Å². The fourth-order valence-corrected chi connectivity index (χ4v) is 1.62. The largest absolute Gasteiger partial charge is 0.228 e. The average molecular weight is 267 g/mol. The molecule has 1 aromatic rings. The van der Waals surface area contributed by atoms with Crippen molar-refractivity contribution in [1.29, 1.82) is 0 Å². The minimum absolute atomic E-state index is 0.0589. The fourth-order valence-electron chi connectivity index (χ4n) is 1.25. The van der Waals surface area contributed by atoms with Crippen molar-refractivity contribution in [2.75, 3.05) is 0 Å². The van der Waals surface area contributed by atoms with E-state index < -0.39 is 9.90 Å². The van der Waals surface area contributed by atoms with Gasteiger partial charge in [-0.1, -0.05) is 72.9 Å². The fraction of sp³-hybridized carbons (Fsp3) is 0.455. The lowest BCUT2D eigenvalue weighted by Crippen LogP contribution is -2.05. The van der Waals surface area contributed by atoms with Crippen molar-refractivity contribution in [2.45, 2.75) is 23.7 Å². The molecule has 1 aromatic carbocycles. The summed E-state index contributed by atoms with van der Waals surface area (Å²) in [6.45, 7) is 3.78. The highest BCUT2D eigenvalue weighted by molar-refractivity contribution is 6.66. The summed E-state index contributed by atoms with van der Waals surface area (Å²) in [5.41, 5.74) is 1.30. The summed E-state index contributed by atoms with van der Waals surface area (Å²) in [5, 5.41) is 11.7. The molecule has 4 heteroatoms. The number of alkyl halides is 3. The molecule has 15 heavy (non-hydrogen) atoms. The van der Waals surface area contributed by atoms with Crippen LogP contribution in [0.1, 0.15) is 31.1 Å². The second kappa shape index (κ2) is 4.92. The van der Waals surface area contributed by atoms with Crippen molar-refractivity contribution >= 4 is 34.8 Å². The zero-order valence-electron chi connectivity index (χ0n) is 8.51. The number of halogens is 3. The zero-order valence-corrected chi connectivity index (χ0v) is 10.8.